The second-order valence-electron chi connectivity index (χ2n) is 5.75. The van der Waals surface area contributed by atoms with Crippen LogP contribution >= 0.6 is 0 Å². The largest absolute Gasteiger partial charge is 0.497 e. The van der Waals surface area contributed by atoms with Crippen LogP contribution in [0.2, 0.25) is 0 Å². The van der Waals surface area contributed by atoms with Crippen LogP contribution in [0.5, 0.6) is 5.75 Å². The van der Waals surface area contributed by atoms with Crippen molar-refractivity contribution in [3.8, 4) is 5.75 Å². The topological polar surface area (TPSA) is 114 Å². The highest BCUT2D eigenvalue weighted by Crippen LogP contribution is 2.18. The highest BCUT2D eigenvalue weighted by molar-refractivity contribution is 6.04. The molecule has 5 N–H and O–H groups in total. The monoisotopic (exact) mass is 357 g/mol. The summed E-state index contributed by atoms with van der Waals surface area (Å²) < 4.78 is 5.14. The number of hydrogen-bond donors (Lipinski definition) is 4. The zero-order chi connectivity index (χ0) is 18.9. The lowest BCUT2D eigenvalue weighted by Crippen LogP contribution is -2.33. The van der Waals surface area contributed by atoms with Gasteiger partial charge in [0, 0.05) is 17.8 Å². The van der Waals surface area contributed by atoms with Crippen LogP contribution in [0.1, 0.15) is 22.3 Å². The Morgan fingerprint density at radius 1 is 1.19 bits per heavy atom. The fourth-order valence-corrected chi connectivity index (χ4v) is 2.36. The molecule has 0 radical (unpaired) electrons. The Hall–Kier alpha value is -2.90. The summed E-state index contributed by atoms with van der Waals surface area (Å²) in [4.78, 5) is 23.2. The van der Waals surface area contributed by atoms with Crippen LogP contribution in [0.15, 0.2) is 48.5 Å². The fraction of sp³-hybridized carbons (Fsp3) is 0.263. The van der Waals surface area contributed by atoms with E-state index in [1.807, 2.05) is 24.3 Å². The quantitative estimate of drug-likeness (QED) is 0.509. The van der Waals surface area contributed by atoms with E-state index in [1.54, 1.807) is 31.4 Å². The molecule has 0 heterocycles. The van der Waals surface area contributed by atoms with E-state index in [4.69, 9.17) is 15.6 Å². The zero-order valence-electron chi connectivity index (χ0n) is 14.6. The second kappa shape index (κ2) is 9.55. The molecule has 0 spiro atoms. The molecule has 2 rings (SSSR count). The van der Waals surface area contributed by atoms with Gasteiger partial charge in [0.05, 0.1) is 7.11 Å². The zero-order valence-corrected chi connectivity index (χ0v) is 14.6. The van der Waals surface area contributed by atoms with Gasteiger partial charge in [-0.1, -0.05) is 24.3 Å². The molecule has 0 saturated carbocycles. The first-order chi connectivity index (χ1) is 12.5. The van der Waals surface area contributed by atoms with E-state index < -0.39 is 12.0 Å². The average molecular weight is 357 g/mol. The van der Waals surface area contributed by atoms with E-state index in [2.05, 4.69) is 10.6 Å². The number of hydrogen-bond acceptors (Lipinski definition) is 5. The highest BCUT2D eigenvalue weighted by atomic mass is 16.5. The van der Waals surface area contributed by atoms with Gasteiger partial charge in [-0.05, 0) is 42.8 Å². The van der Waals surface area contributed by atoms with Gasteiger partial charge in [0.1, 0.15) is 11.8 Å². The molecule has 0 aliphatic rings. The predicted molar refractivity (Wildman–Crippen MR) is 99.3 cm³/mol. The lowest BCUT2D eigenvalue weighted by Gasteiger charge is -2.13. The molecule has 1 amide bonds. The van der Waals surface area contributed by atoms with Crippen molar-refractivity contribution in [2.75, 3.05) is 19.0 Å². The van der Waals surface area contributed by atoms with Crippen LogP contribution in [-0.2, 0) is 11.3 Å². The number of carbonyl (C=O) groups excluding carboxylic acids is 1. The Kier molecular flexibility index (Phi) is 7.13. The number of anilines is 1. The van der Waals surface area contributed by atoms with Gasteiger partial charge in [-0.3, -0.25) is 9.59 Å². The van der Waals surface area contributed by atoms with Gasteiger partial charge in [0.15, 0.2) is 0 Å². The molecule has 7 nitrogen and oxygen atoms in total. The Balaban J connectivity index is 1.97. The molecule has 0 aromatic heterocycles. The number of carbonyl (C=O) groups is 2. The van der Waals surface area contributed by atoms with Crippen LogP contribution in [0.4, 0.5) is 5.69 Å². The lowest BCUT2D eigenvalue weighted by atomic mass is 10.1. The maximum Gasteiger partial charge on any atom is 0.320 e. The first kappa shape index (κ1) is 19.4. The summed E-state index contributed by atoms with van der Waals surface area (Å²) in [6.45, 7) is 0.951. The number of methoxy groups -OCH3 is 1. The summed E-state index contributed by atoms with van der Waals surface area (Å²) in [5.74, 6) is -0.635. The number of ether oxygens (including phenoxy) is 1. The van der Waals surface area contributed by atoms with Crippen molar-refractivity contribution in [2.24, 2.45) is 5.73 Å². The average Bonchev–Trinajstić information content (AvgIpc) is 2.66. The van der Waals surface area contributed by atoms with E-state index in [0.29, 0.717) is 36.5 Å². The first-order valence-corrected chi connectivity index (χ1v) is 8.23. The molecule has 0 aliphatic carbocycles. The Labute approximate surface area is 152 Å². The smallest absolute Gasteiger partial charge is 0.320 e. The highest BCUT2D eigenvalue weighted by Gasteiger charge is 2.12. The summed E-state index contributed by atoms with van der Waals surface area (Å²) in [5.41, 5.74) is 7.56. The van der Waals surface area contributed by atoms with Crippen LogP contribution < -0.4 is 21.1 Å². The third-order valence-electron chi connectivity index (χ3n) is 3.86. The van der Waals surface area contributed by atoms with Crippen molar-refractivity contribution >= 4 is 17.6 Å². The molecule has 0 saturated heterocycles. The number of benzene rings is 2. The molecule has 0 aliphatic heterocycles. The van der Waals surface area contributed by atoms with Crippen molar-refractivity contribution in [3.05, 3.63) is 59.7 Å². The summed E-state index contributed by atoms with van der Waals surface area (Å²) in [7, 11) is 1.55. The van der Waals surface area contributed by atoms with E-state index in [9.17, 15) is 9.59 Å². The summed E-state index contributed by atoms with van der Waals surface area (Å²) in [6.07, 6.45) is 0.327. The summed E-state index contributed by atoms with van der Waals surface area (Å²) in [6, 6.07) is 13.5. The number of nitrogens with two attached hydrogens (primary N) is 1. The van der Waals surface area contributed by atoms with Gasteiger partial charge in [-0.15, -0.1) is 0 Å². The van der Waals surface area contributed by atoms with Gasteiger partial charge in [0.25, 0.3) is 5.91 Å². The minimum Gasteiger partial charge on any atom is -0.497 e. The molecular formula is C19H23N3O4. The Morgan fingerprint density at radius 3 is 2.69 bits per heavy atom. The molecule has 2 aromatic rings. The van der Waals surface area contributed by atoms with Gasteiger partial charge in [-0.2, -0.15) is 0 Å². The Morgan fingerprint density at radius 2 is 1.96 bits per heavy atom. The van der Waals surface area contributed by atoms with Crippen LogP contribution in [0.25, 0.3) is 0 Å². The molecule has 1 atom stereocenters. The third kappa shape index (κ3) is 5.58. The normalized spacial score (nSPS) is 11.6. The van der Waals surface area contributed by atoms with Crippen LogP contribution in [-0.4, -0.2) is 36.7 Å². The molecule has 0 bridgehead atoms. The standard InChI is InChI=1S/C19H23N3O4/c1-26-15-7-4-6-13(11-15)18(23)22-17-8-3-2-5-14(17)12-21-10-9-16(20)19(24)25/h2-8,11,16,21H,9-10,12,20H2,1H3,(H,22,23)(H,24,25)/t16-/m0/s1. The van der Waals surface area contributed by atoms with E-state index in [1.165, 1.54) is 0 Å². The number of rotatable bonds is 9. The lowest BCUT2D eigenvalue weighted by molar-refractivity contribution is -0.138. The van der Waals surface area contributed by atoms with Gasteiger partial charge in [-0.25, -0.2) is 0 Å². The Bertz CT molecular complexity index is 764. The van der Waals surface area contributed by atoms with Crippen molar-refractivity contribution in [1.29, 1.82) is 0 Å². The van der Waals surface area contributed by atoms with E-state index >= 15 is 0 Å². The third-order valence-corrected chi connectivity index (χ3v) is 3.86. The van der Waals surface area contributed by atoms with Crippen molar-refractivity contribution < 1.29 is 19.4 Å². The van der Waals surface area contributed by atoms with Crippen LogP contribution in [0, 0.1) is 0 Å². The van der Waals surface area contributed by atoms with Crippen LogP contribution in [0.3, 0.4) is 0 Å². The number of carboxylic acids is 1. The van der Waals surface area contributed by atoms with E-state index in [-0.39, 0.29) is 5.91 Å². The number of amides is 1. The molecule has 26 heavy (non-hydrogen) atoms. The maximum atomic E-state index is 12.5. The minimum atomic E-state index is -1.02. The fourth-order valence-electron chi connectivity index (χ4n) is 2.36. The molecule has 0 fully saturated rings. The van der Waals surface area contributed by atoms with Crippen molar-refractivity contribution in [1.82, 2.24) is 5.32 Å². The molecule has 0 unspecified atom stereocenters. The maximum absolute atomic E-state index is 12.5. The minimum absolute atomic E-state index is 0.232. The van der Waals surface area contributed by atoms with Gasteiger partial charge < -0.3 is 26.2 Å². The van der Waals surface area contributed by atoms with Gasteiger partial charge in [0.2, 0.25) is 0 Å². The molecular weight excluding hydrogens is 334 g/mol. The van der Waals surface area contributed by atoms with Crippen molar-refractivity contribution in [2.45, 2.75) is 19.0 Å². The second-order valence-corrected chi connectivity index (χ2v) is 5.75. The first-order valence-electron chi connectivity index (χ1n) is 8.23. The molecule has 7 heteroatoms. The number of nitrogens with one attached hydrogen (secondary N) is 2. The predicted octanol–water partition coefficient (Wildman–Crippen LogP) is 1.84. The van der Waals surface area contributed by atoms with Crippen molar-refractivity contribution in [3.63, 3.8) is 0 Å². The number of para-hydroxylation sites is 1. The summed E-state index contributed by atoms with van der Waals surface area (Å²) in [5, 5.41) is 14.8. The molecule has 2 aromatic carbocycles. The number of aliphatic carboxylic acids is 1. The van der Waals surface area contributed by atoms with E-state index in [0.717, 1.165) is 5.56 Å². The number of carboxylic acid groups (broad SMARTS) is 1. The SMILES string of the molecule is COc1cccc(C(=O)Nc2ccccc2CNCC[C@H](N)C(=O)O)c1. The summed E-state index contributed by atoms with van der Waals surface area (Å²) >= 11 is 0. The van der Waals surface area contributed by atoms with Gasteiger partial charge >= 0.3 is 5.97 Å². The molecule has 138 valence electrons.